The molecule has 0 aliphatic heterocycles. The maximum absolute atomic E-state index is 12.4. The average Bonchev–Trinajstić information content (AvgIpc) is 2.80. The molecule has 1 atom stereocenters. The van der Waals surface area contributed by atoms with Gasteiger partial charge in [-0.15, -0.1) is 0 Å². The SMILES string of the molecule is CCCCCCCCCCCCCCCC(O)CCOC(=O)c1ccccc1CCCC. The molecule has 0 bridgehead atoms. The number of ether oxygens (including phenoxy) is 1. The number of rotatable bonds is 21. The molecule has 0 heterocycles. The van der Waals surface area contributed by atoms with Crippen molar-refractivity contribution in [2.45, 2.75) is 136 Å². The molecule has 0 radical (unpaired) electrons. The molecule has 1 aromatic carbocycles. The van der Waals surface area contributed by atoms with Crippen molar-refractivity contribution in [3.63, 3.8) is 0 Å². The minimum atomic E-state index is -0.370. The molecule has 3 heteroatoms. The summed E-state index contributed by atoms with van der Waals surface area (Å²) in [7, 11) is 0. The molecule has 1 rings (SSSR count). The highest BCUT2D eigenvalue weighted by Crippen LogP contribution is 2.16. The Morgan fingerprint density at radius 3 is 1.88 bits per heavy atom. The molecular formula is C29H50O3. The van der Waals surface area contributed by atoms with Gasteiger partial charge >= 0.3 is 5.97 Å². The quantitative estimate of drug-likeness (QED) is 0.152. The summed E-state index contributed by atoms with van der Waals surface area (Å²) in [6.07, 6.45) is 21.4. The summed E-state index contributed by atoms with van der Waals surface area (Å²) in [5.41, 5.74) is 1.74. The van der Waals surface area contributed by atoms with Crippen LogP contribution in [0.5, 0.6) is 0 Å². The molecular weight excluding hydrogens is 396 g/mol. The van der Waals surface area contributed by atoms with Crippen LogP contribution < -0.4 is 0 Å². The molecule has 1 N–H and O–H groups in total. The van der Waals surface area contributed by atoms with Crippen LogP contribution in [-0.4, -0.2) is 23.8 Å². The van der Waals surface area contributed by atoms with E-state index in [0.717, 1.165) is 37.7 Å². The van der Waals surface area contributed by atoms with Crippen molar-refractivity contribution in [1.29, 1.82) is 0 Å². The Bertz CT molecular complexity index is 569. The maximum Gasteiger partial charge on any atom is 0.338 e. The van der Waals surface area contributed by atoms with E-state index in [4.69, 9.17) is 4.74 Å². The maximum atomic E-state index is 12.4. The number of unbranched alkanes of at least 4 members (excludes halogenated alkanes) is 13. The van der Waals surface area contributed by atoms with Gasteiger partial charge in [-0.05, 0) is 30.9 Å². The Balaban J connectivity index is 1.99. The van der Waals surface area contributed by atoms with Crippen LogP contribution in [0.3, 0.4) is 0 Å². The fourth-order valence-corrected chi connectivity index (χ4v) is 4.21. The monoisotopic (exact) mass is 446 g/mol. The molecule has 3 nitrogen and oxygen atoms in total. The molecule has 0 saturated heterocycles. The van der Waals surface area contributed by atoms with Gasteiger partial charge in [0.05, 0.1) is 18.3 Å². The first-order valence-electron chi connectivity index (χ1n) is 13.6. The summed E-state index contributed by atoms with van der Waals surface area (Å²) < 4.78 is 5.44. The van der Waals surface area contributed by atoms with Crippen LogP contribution in [-0.2, 0) is 11.2 Å². The average molecular weight is 447 g/mol. The fraction of sp³-hybridized carbons (Fsp3) is 0.759. The van der Waals surface area contributed by atoms with Crippen LogP contribution in [0.2, 0.25) is 0 Å². The second-order valence-corrected chi connectivity index (χ2v) is 9.37. The van der Waals surface area contributed by atoms with Gasteiger partial charge in [0.15, 0.2) is 0 Å². The Labute approximate surface area is 198 Å². The Hall–Kier alpha value is -1.35. The summed E-state index contributed by atoms with van der Waals surface area (Å²) in [4.78, 5) is 12.4. The molecule has 0 aromatic heterocycles. The Morgan fingerprint density at radius 2 is 1.28 bits per heavy atom. The van der Waals surface area contributed by atoms with Crippen LogP contribution in [0.15, 0.2) is 24.3 Å². The van der Waals surface area contributed by atoms with Crippen molar-refractivity contribution >= 4 is 5.97 Å². The molecule has 0 aliphatic carbocycles. The van der Waals surface area contributed by atoms with E-state index in [2.05, 4.69) is 13.8 Å². The Morgan fingerprint density at radius 1 is 0.750 bits per heavy atom. The first-order valence-corrected chi connectivity index (χ1v) is 13.6. The lowest BCUT2D eigenvalue weighted by Gasteiger charge is -2.12. The normalized spacial score (nSPS) is 12.1. The largest absolute Gasteiger partial charge is 0.462 e. The van der Waals surface area contributed by atoms with E-state index in [9.17, 15) is 9.90 Å². The van der Waals surface area contributed by atoms with Crippen molar-refractivity contribution in [3.05, 3.63) is 35.4 Å². The predicted octanol–water partition coefficient (Wildman–Crippen LogP) is 8.42. The molecule has 0 spiro atoms. The van der Waals surface area contributed by atoms with Gasteiger partial charge in [0.25, 0.3) is 0 Å². The highest BCUT2D eigenvalue weighted by molar-refractivity contribution is 5.91. The molecule has 0 saturated carbocycles. The van der Waals surface area contributed by atoms with Crippen LogP contribution in [0.1, 0.15) is 139 Å². The summed E-state index contributed by atoms with van der Waals surface area (Å²) in [6.45, 7) is 4.72. The minimum absolute atomic E-state index is 0.259. The number of esters is 1. The molecule has 0 amide bonds. The smallest absolute Gasteiger partial charge is 0.338 e. The van der Waals surface area contributed by atoms with Crippen LogP contribution in [0.25, 0.3) is 0 Å². The molecule has 184 valence electrons. The van der Waals surface area contributed by atoms with Gasteiger partial charge in [0, 0.05) is 6.42 Å². The molecule has 1 aromatic rings. The third kappa shape index (κ3) is 14.7. The third-order valence-corrected chi connectivity index (χ3v) is 6.36. The number of hydrogen-bond donors (Lipinski definition) is 1. The lowest BCUT2D eigenvalue weighted by atomic mass is 10.0. The van der Waals surface area contributed by atoms with Gasteiger partial charge in [-0.25, -0.2) is 4.79 Å². The van der Waals surface area contributed by atoms with Crippen molar-refractivity contribution < 1.29 is 14.6 Å². The molecule has 0 aliphatic rings. The molecule has 0 fully saturated rings. The predicted molar refractivity (Wildman–Crippen MR) is 136 cm³/mol. The van der Waals surface area contributed by atoms with E-state index in [1.54, 1.807) is 0 Å². The summed E-state index contributed by atoms with van der Waals surface area (Å²) in [6, 6.07) is 7.71. The van der Waals surface area contributed by atoms with Crippen LogP contribution in [0, 0.1) is 0 Å². The van der Waals surface area contributed by atoms with Gasteiger partial charge in [-0.2, -0.15) is 0 Å². The number of aryl methyl sites for hydroxylation is 1. The van der Waals surface area contributed by atoms with Gasteiger partial charge in [0.1, 0.15) is 0 Å². The number of carbonyl (C=O) groups is 1. The second kappa shape index (κ2) is 20.3. The summed E-state index contributed by atoms with van der Waals surface area (Å²) in [5.74, 6) is -0.259. The fourth-order valence-electron chi connectivity index (χ4n) is 4.21. The summed E-state index contributed by atoms with van der Waals surface area (Å²) in [5, 5.41) is 10.2. The number of aliphatic hydroxyl groups is 1. The van der Waals surface area contributed by atoms with Crippen molar-refractivity contribution in [1.82, 2.24) is 0 Å². The zero-order valence-corrected chi connectivity index (χ0v) is 21.1. The third-order valence-electron chi connectivity index (χ3n) is 6.36. The topological polar surface area (TPSA) is 46.5 Å². The standard InChI is InChI=1S/C29H50O3/c1-3-5-7-8-9-10-11-12-13-14-15-16-17-22-27(30)24-25-32-29(31)28-23-19-18-21-26(28)20-6-4-2/h18-19,21,23,27,30H,3-17,20,22,24-25H2,1-2H3. The van der Waals surface area contributed by atoms with E-state index in [1.807, 2.05) is 24.3 Å². The lowest BCUT2D eigenvalue weighted by Crippen LogP contribution is -2.14. The minimum Gasteiger partial charge on any atom is -0.462 e. The van der Waals surface area contributed by atoms with E-state index in [0.29, 0.717) is 18.6 Å². The first kappa shape index (κ1) is 28.7. The molecule has 32 heavy (non-hydrogen) atoms. The highest BCUT2D eigenvalue weighted by Gasteiger charge is 2.13. The number of hydrogen-bond acceptors (Lipinski definition) is 3. The first-order chi connectivity index (χ1) is 15.7. The van der Waals surface area contributed by atoms with E-state index >= 15 is 0 Å². The van der Waals surface area contributed by atoms with Crippen LogP contribution >= 0.6 is 0 Å². The number of aliphatic hydroxyl groups excluding tert-OH is 1. The van der Waals surface area contributed by atoms with E-state index in [1.165, 1.54) is 77.0 Å². The van der Waals surface area contributed by atoms with Crippen molar-refractivity contribution in [3.8, 4) is 0 Å². The van der Waals surface area contributed by atoms with Gasteiger partial charge < -0.3 is 9.84 Å². The second-order valence-electron chi connectivity index (χ2n) is 9.37. The van der Waals surface area contributed by atoms with Crippen molar-refractivity contribution in [2.24, 2.45) is 0 Å². The van der Waals surface area contributed by atoms with Gasteiger partial charge in [0.2, 0.25) is 0 Å². The van der Waals surface area contributed by atoms with E-state index < -0.39 is 0 Å². The number of carbonyl (C=O) groups excluding carboxylic acids is 1. The summed E-state index contributed by atoms with van der Waals surface area (Å²) >= 11 is 0. The Kier molecular flexibility index (Phi) is 18.2. The zero-order chi connectivity index (χ0) is 23.3. The number of benzene rings is 1. The van der Waals surface area contributed by atoms with Crippen LogP contribution in [0.4, 0.5) is 0 Å². The molecule has 1 unspecified atom stereocenters. The lowest BCUT2D eigenvalue weighted by molar-refractivity contribution is 0.0421. The zero-order valence-electron chi connectivity index (χ0n) is 21.1. The van der Waals surface area contributed by atoms with E-state index in [-0.39, 0.29) is 12.1 Å². The van der Waals surface area contributed by atoms with Crippen molar-refractivity contribution in [2.75, 3.05) is 6.61 Å². The van der Waals surface area contributed by atoms with Gasteiger partial charge in [-0.3, -0.25) is 0 Å². The van der Waals surface area contributed by atoms with Gasteiger partial charge in [-0.1, -0.05) is 122 Å². The highest BCUT2D eigenvalue weighted by atomic mass is 16.5.